The van der Waals surface area contributed by atoms with Gasteiger partial charge in [0.1, 0.15) is 0 Å². The number of hydrogen-bond acceptors (Lipinski definition) is 3. The minimum absolute atomic E-state index is 0.0813. The first-order valence-electron chi connectivity index (χ1n) is 6.62. The first kappa shape index (κ1) is 12.6. The van der Waals surface area contributed by atoms with Gasteiger partial charge in [0.25, 0.3) is 0 Å². The quantitative estimate of drug-likeness (QED) is 0.759. The number of aliphatic hydroxyl groups excluding tert-OH is 1. The van der Waals surface area contributed by atoms with Crippen molar-refractivity contribution in [2.24, 2.45) is 0 Å². The van der Waals surface area contributed by atoms with Crippen LogP contribution in [-0.2, 0) is 13.2 Å². The van der Waals surface area contributed by atoms with E-state index in [0.717, 1.165) is 28.7 Å². The van der Waals surface area contributed by atoms with Crippen LogP contribution >= 0.6 is 0 Å². The van der Waals surface area contributed by atoms with E-state index in [0.29, 0.717) is 0 Å². The second-order valence-electron chi connectivity index (χ2n) is 4.74. The standard InChI is InChI=1S/C17H16N2O/c20-12-13-3-6-16(7-4-13)19-11-14-5-8-17-15(10-14)2-1-9-18-17/h1-10,19-20H,11-12H2. The molecule has 2 N–H and O–H groups in total. The molecule has 0 aliphatic carbocycles. The van der Waals surface area contributed by atoms with Crippen molar-refractivity contribution < 1.29 is 5.11 Å². The highest BCUT2D eigenvalue weighted by Gasteiger charge is 1.98. The minimum Gasteiger partial charge on any atom is -0.392 e. The topological polar surface area (TPSA) is 45.1 Å². The number of pyridine rings is 1. The van der Waals surface area contributed by atoms with Gasteiger partial charge in [-0.25, -0.2) is 0 Å². The van der Waals surface area contributed by atoms with Gasteiger partial charge in [0.2, 0.25) is 0 Å². The molecule has 0 radical (unpaired) electrons. The molecular weight excluding hydrogens is 248 g/mol. The number of aromatic nitrogens is 1. The van der Waals surface area contributed by atoms with Crippen LogP contribution in [0.3, 0.4) is 0 Å². The second-order valence-corrected chi connectivity index (χ2v) is 4.74. The summed E-state index contributed by atoms with van der Waals surface area (Å²) in [7, 11) is 0. The molecule has 0 bridgehead atoms. The van der Waals surface area contributed by atoms with E-state index in [9.17, 15) is 0 Å². The fourth-order valence-corrected chi connectivity index (χ4v) is 2.17. The Bertz CT molecular complexity index is 708. The number of anilines is 1. The SMILES string of the molecule is OCc1ccc(NCc2ccc3ncccc3c2)cc1. The summed E-state index contributed by atoms with van der Waals surface area (Å²) in [5.41, 5.74) is 4.21. The molecule has 3 aromatic rings. The molecule has 0 aliphatic heterocycles. The van der Waals surface area contributed by atoms with Crippen molar-refractivity contribution in [1.29, 1.82) is 0 Å². The van der Waals surface area contributed by atoms with Crippen LogP contribution in [0.1, 0.15) is 11.1 Å². The van der Waals surface area contributed by atoms with Gasteiger partial charge in [0.15, 0.2) is 0 Å². The molecule has 0 spiro atoms. The molecule has 0 saturated carbocycles. The number of aliphatic hydroxyl groups is 1. The summed E-state index contributed by atoms with van der Waals surface area (Å²) in [6.45, 7) is 0.848. The summed E-state index contributed by atoms with van der Waals surface area (Å²) >= 11 is 0. The highest BCUT2D eigenvalue weighted by molar-refractivity contribution is 5.78. The Morgan fingerprint density at radius 2 is 1.75 bits per heavy atom. The molecule has 2 aromatic carbocycles. The van der Waals surface area contributed by atoms with Crippen LogP contribution in [-0.4, -0.2) is 10.1 Å². The van der Waals surface area contributed by atoms with Gasteiger partial charge in [0.05, 0.1) is 12.1 Å². The number of nitrogens with one attached hydrogen (secondary N) is 1. The summed E-state index contributed by atoms with van der Waals surface area (Å²) in [5, 5.41) is 13.5. The second kappa shape index (κ2) is 5.72. The van der Waals surface area contributed by atoms with E-state index in [1.165, 1.54) is 5.56 Å². The van der Waals surface area contributed by atoms with Gasteiger partial charge in [-0.15, -0.1) is 0 Å². The molecule has 100 valence electrons. The molecule has 0 fully saturated rings. The van der Waals surface area contributed by atoms with Crippen LogP contribution in [0.5, 0.6) is 0 Å². The number of nitrogens with zero attached hydrogens (tertiary/aromatic N) is 1. The zero-order valence-corrected chi connectivity index (χ0v) is 11.1. The van der Waals surface area contributed by atoms with Crippen LogP contribution in [0.15, 0.2) is 60.8 Å². The van der Waals surface area contributed by atoms with Crippen molar-refractivity contribution in [3.63, 3.8) is 0 Å². The van der Waals surface area contributed by atoms with Crippen molar-refractivity contribution in [2.75, 3.05) is 5.32 Å². The lowest BCUT2D eigenvalue weighted by Gasteiger charge is -2.08. The molecule has 1 heterocycles. The monoisotopic (exact) mass is 264 g/mol. The smallest absolute Gasteiger partial charge is 0.0702 e. The zero-order valence-electron chi connectivity index (χ0n) is 11.1. The number of hydrogen-bond donors (Lipinski definition) is 2. The van der Waals surface area contributed by atoms with Gasteiger partial charge in [-0.1, -0.05) is 24.3 Å². The van der Waals surface area contributed by atoms with Crippen LogP contribution in [0.2, 0.25) is 0 Å². The van der Waals surface area contributed by atoms with Crippen LogP contribution in [0, 0.1) is 0 Å². The first-order valence-corrected chi connectivity index (χ1v) is 6.62. The van der Waals surface area contributed by atoms with Crippen molar-refractivity contribution in [1.82, 2.24) is 4.98 Å². The molecule has 0 unspecified atom stereocenters. The summed E-state index contributed by atoms with van der Waals surface area (Å²) < 4.78 is 0. The maximum Gasteiger partial charge on any atom is 0.0702 e. The highest BCUT2D eigenvalue weighted by Crippen LogP contribution is 2.15. The van der Waals surface area contributed by atoms with Crippen LogP contribution in [0.4, 0.5) is 5.69 Å². The highest BCUT2D eigenvalue weighted by atomic mass is 16.3. The lowest BCUT2D eigenvalue weighted by Crippen LogP contribution is -1.99. The number of fused-ring (bicyclic) bond motifs is 1. The summed E-state index contributed by atoms with van der Waals surface area (Å²) in [5.74, 6) is 0. The minimum atomic E-state index is 0.0813. The molecule has 3 heteroatoms. The molecule has 20 heavy (non-hydrogen) atoms. The first-order chi connectivity index (χ1) is 9.85. The Morgan fingerprint density at radius 1 is 0.950 bits per heavy atom. The summed E-state index contributed by atoms with van der Waals surface area (Å²) in [4.78, 5) is 4.32. The predicted molar refractivity (Wildman–Crippen MR) is 81.4 cm³/mol. The molecular formula is C17H16N2O. The van der Waals surface area contributed by atoms with Gasteiger partial charge in [-0.05, 0) is 41.5 Å². The van der Waals surface area contributed by atoms with E-state index in [-0.39, 0.29) is 6.61 Å². The van der Waals surface area contributed by atoms with Gasteiger partial charge < -0.3 is 10.4 Å². The normalized spacial score (nSPS) is 10.7. The van der Waals surface area contributed by atoms with Crippen LogP contribution in [0.25, 0.3) is 10.9 Å². The third-order valence-electron chi connectivity index (χ3n) is 3.30. The molecule has 1 aromatic heterocycles. The fraction of sp³-hybridized carbons (Fsp3) is 0.118. The molecule has 0 aliphatic rings. The Hall–Kier alpha value is -2.39. The van der Waals surface area contributed by atoms with E-state index in [1.807, 2.05) is 42.6 Å². The van der Waals surface area contributed by atoms with Crippen molar-refractivity contribution >= 4 is 16.6 Å². The Balaban J connectivity index is 1.72. The Labute approximate surface area is 117 Å². The van der Waals surface area contributed by atoms with E-state index in [4.69, 9.17) is 5.11 Å². The maximum atomic E-state index is 9.01. The lowest BCUT2D eigenvalue weighted by molar-refractivity contribution is 0.282. The molecule has 3 nitrogen and oxygen atoms in total. The van der Waals surface area contributed by atoms with E-state index < -0.39 is 0 Å². The van der Waals surface area contributed by atoms with Crippen molar-refractivity contribution in [2.45, 2.75) is 13.2 Å². The van der Waals surface area contributed by atoms with Crippen LogP contribution < -0.4 is 5.32 Å². The molecule has 0 saturated heterocycles. The van der Waals surface area contributed by atoms with Crippen molar-refractivity contribution in [3.8, 4) is 0 Å². The Kier molecular flexibility index (Phi) is 3.61. The third-order valence-corrected chi connectivity index (χ3v) is 3.30. The number of rotatable bonds is 4. The molecule has 0 atom stereocenters. The van der Waals surface area contributed by atoms with Gasteiger partial charge >= 0.3 is 0 Å². The predicted octanol–water partition coefficient (Wildman–Crippen LogP) is 3.34. The largest absolute Gasteiger partial charge is 0.392 e. The average molecular weight is 264 g/mol. The molecule has 3 rings (SSSR count). The molecule has 0 amide bonds. The third kappa shape index (κ3) is 2.78. The van der Waals surface area contributed by atoms with Gasteiger partial charge in [0, 0.05) is 23.8 Å². The van der Waals surface area contributed by atoms with Gasteiger partial charge in [-0.2, -0.15) is 0 Å². The van der Waals surface area contributed by atoms with E-state index >= 15 is 0 Å². The summed E-state index contributed by atoms with van der Waals surface area (Å²) in [6.07, 6.45) is 1.81. The maximum absolute atomic E-state index is 9.01. The summed E-state index contributed by atoms with van der Waals surface area (Å²) in [6, 6.07) is 18.1. The Morgan fingerprint density at radius 3 is 2.55 bits per heavy atom. The van der Waals surface area contributed by atoms with E-state index in [2.05, 4.69) is 28.5 Å². The fourth-order valence-electron chi connectivity index (χ4n) is 2.17. The zero-order chi connectivity index (χ0) is 13.8. The van der Waals surface area contributed by atoms with Gasteiger partial charge in [-0.3, -0.25) is 4.98 Å². The van der Waals surface area contributed by atoms with Crippen molar-refractivity contribution in [3.05, 3.63) is 71.9 Å². The van der Waals surface area contributed by atoms with E-state index in [1.54, 1.807) is 0 Å². The lowest BCUT2D eigenvalue weighted by atomic mass is 10.1. The number of benzene rings is 2. The average Bonchev–Trinajstić information content (AvgIpc) is 2.53.